The van der Waals surface area contributed by atoms with E-state index < -0.39 is 6.04 Å². The molecule has 2 amide bonds. The number of rotatable bonds is 6. The van der Waals surface area contributed by atoms with Crippen molar-refractivity contribution < 1.29 is 14.0 Å². The second kappa shape index (κ2) is 9.39. The van der Waals surface area contributed by atoms with E-state index in [4.69, 9.17) is 4.42 Å². The summed E-state index contributed by atoms with van der Waals surface area (Å²) in [6.45, 7) is 5.96. The van der Waals surface area contributed by atoms with E-state index >= 15 is 0 Å². The first-order chi connectivity index (χ1) is 15.5. The first-order valence-corrected chi connectivity index (χ1v) is 11.1. The summed E-state index contributed by atoms with van der Waals surface area (Å²) in [6.07, 6.45) is 8.91. The summed E-state index contributed by atoms with van der Waals surface area (Å²) in [4.78, 5) is 33.2. The molecule has 1 aliphatic carbocycles. The molecule has 4 rings (SSSR count). The molecule has 2 heterocycles. The molecule has 0 spiro atoms. The van der Waals surface area contributed by atoms with E-state index in [1.165, 1.54) is 6.26 Å². The number of amides is 2. The van der Waals surface area contributed by atoms with Gasteiger partial charge in [0.1, 0.15) is 6.04 Å². The number of furan rings is 1. The normalized spacial score (nSPS) is 14.8. The number of nitrogens with one attached hydrogen (secondary N) is 1. The van der Waals surface area contributed by atoms with Gasteiger partial charge in [0, 0.05) is 18.4 Å². The molecule has 0 bridgehead atoms. The molecule has 2 aromatic heterocycles. The predicted octanol–water partition coefficient (Wildman–Crippen LogP) is 5.05. The smallest absolute Gasteiger partial charge is 0.294 e. The largest absolute Gasteiger partial charge is 0.459 e. The van der Waals surface area contributed by atoms with Crippen molar-refractivity contribution in [2.75, 3.05) is 4.90 Å². The summed E-state index contributed by atoms with van der Waals surface area (Å²) < 4.78 is 5.47. The van der Waals surface area contributed by atoms with Crippen molar-refractivity contribution in [1.29, 1.82) is 0 Å². The highest BCUT2D eigenvalue weighted by Crippen LogP contribution is 2.35. The minimum Gasteiger partial charge on any atom is -0.459 e. The number of nitrogens with zero attached hydrogens (tertiary/aromatic N) is 2. The fourth-order valence-corrected chi connectivity index (χ4v) is 4.73. The van der Waals surface area contributed by atoms with E-state index in [1.54, 1.807) is 41.6 Å². The fraction of sp³-hybridized carbons (Fsp3) is 0.346. The molecule has 1 N–H and O–H groups in total. The third kappa shape index (κ3) is 4.44. The van der Waals surface area contributed by atoms with Crippen molar-refractivity contribution in [2.24, 2.45) is 0 Å². The van der Waals surface area contributed by atoms with Gasteiger partial charge in [-0.25, -0.2) is 0 Å². The van der Waals surface area contributed by atoms with Crippen molar-refractivity contribution in [1.82, 2.24) is 10.3 Å². The minimum absolute atomic E-state index is 0.132. The molecule has 1 aromatic carbocycles. The number of aromatic nitrogens is 1. The van der Waals surface area contributed by atoms with Crippen LogP contribution < -0.4 is 10.2 Å². The van der Waals surface area contributed by atoms with E-state index in [1.807, 2.05) is 32.9 Å². The zero-order valence-electron chi connectivity index (χ0n) is 18.8. The number of anilines is 1. The third-order valence-electron chi connectivity index (χ3n) is 6.06. The number of hydrogen-bond donors (Lipinski definition) is 1. The van der Waals surface area contributed by atoms with Gasteiger partial charge in [-0.15, -0.1) is 0 Å². The van der Waals surface area contributed by atoms with E-state index in [9.17, 15) is 9.59 Å². The van der Waals surface area contributed by atoms with E-state index in [0.717, 1.165) is 48.1 Å². The Morgan fingerprint density at radius 3 is 2.31 bits per heavy atom. The number of aryl methyl sites for hydroxylation is 3. The average molecular weight is 432 g/mol. The second-order valence-corrected chi connectivity index (χ2v) is 8.57. The fourth-order valence-electron chi connectivity index (χ4n) is 4.73. The number of carbonyl (C=O) groups excluding carboxylic acids is 2. The highest BCUT2D eigenvalue weighted by atomic mass is 16.3. The summed E-state index contributed by atoms with van der Waals surface area (Å²) in [5.41, 5.74) is 4.38. The lowest BCUT2D eigenvalue weighted by molar-refractivity contribution is -0.123. The van der Waals surface area contributed by atoms with Crippen molar-refractivity contribution in [3.05, 3.63) is 83.1 Å². The van der Waals surface area contributed by atoms with Gasteiger partial charge in [-0.05, 0) is 74.6 Å². The monoisotopic (exact) mass is 431 g/mol. The molecule has 1 fully saturated rings. The molecule has 0 saturated heterocycles. The first kappa shape index (κ1) is 21.8. The topological polar surface area (TPSA) is 75.4 Å². The van der Waals surface area contributed by atoms with Gasteiger partial charge in [0.25, 0.3) is 5.91 Å². The lowest BCUT2D eigenvalue weighted by Crippen LogP contribution is -2.46. The highest BCUT2D eigenvalue weighted by molar-refractivity contribution is 6.09. The lowest BCUT2D eigenvalue weighted by Gasteiger charge is -2.34. The number of pyridine rings is 1. The molecular formula is C26H29N3O3. The van der Waals surface area contributed by atoms with Crippen molar-refractivity contribution in [2.45, 2.75) is 58.5 Å². The van der Waals surface area contributed by atoms with E-state index in [-0.39, 0.29) is 23.6 Å². The van der Waals surface area contributed by atoms with Crippen LogP contribution in [-0.2, 0) is 4.79 Å². The van der Waals surface area contributed by atoms with Crippen LogP contribution in [0.25, 0.3) is 0 Å². The van der Waals surface area contributed by atoms with Crippen LogP contribution in [0, 0.1) is 20.8 Å². The van der Waals surface area contributed by atoms with Gasteiger partial charge in [0.15, 0.2) is 5.76 Å². The van der Waals surface area contributed by atoms with Gasteiger partial charge in [-0.2, -0.15) is 0 Å². The quantitative estimate of drug-likeness (QED) is 0.593. The Bertz CT molecular complexity index is 1060. The molecule has 1 aliphatic rings. The van der Waals surface area contributed by atoms with Crippen molar-refractivity contribution in [3.8, 4) is 0 Å². The van der Waals surface area contributed by atoms with Gasteiger partial charge in [0.2, 0.25) is 5.91 Å². The van der Waals surface area contributed by atoms with Crippen LogP contribution in [0.1, 0.15) is 64.5 Å². The number of benzene rings is 1. The SMILES string of the molecule is Cc1cc(C)c(N(C(=O)c2ccco2)[C@@H](C(=O)NC2CCCC2)c2ccncc2)c(C)c1. The Kier molecular flexibility index (Phi) is 6.40. The van der Waals surface area contributed by atoms with Crippen LogP contribution in [0.5, 0.6) is 0 Å². The van der Waals surface area contributed by atoms with E-state index in [2.05, 4.69) is 10.3 Å². The Morgan fingerprint density at radius 1 is 1.06 bits per heavy atom. The summed E-state index contributed by atoms with van der Waals surface area (Å²) in [5.74, 6) is -0.354. The van der Waals surface area contributed by atoms with E-state index in [0.29, 0.717) is 5.56 Å². The second-order valence-electron chi connectivity index (χ2n) is 8.57. The van der Waals surface area contributed by atoms with Crippen LogP contribution >= 0.6 is 0 Å². The van der Waals surface area contributed by atoms with Gasteiger partial charge in [-0.1, -0.05) is 30.5 Å². The molecule has 32 heavy (non-hydrogen) atoms. The summed E-state index contributed by atoms with van der Waals surface area (Å²) in [5, 5.41) is 3.19. The molecule has 0 radical (unpaired) electrons. The summed E-state index contributed by atoms with van der Waals surface area (Å²) in [6, 6.07) is 10.2. The predicted molar refractivity (Wildman–Crippen MR) is 124 cm³/mol. The molecule has 1 saturated carbocycles. The molecule has 0 aliphatic heterocycles. The third-order valence-corrected chi connectivity index (χ3v) is 6.06. The first-order valence-electron chi connectivity index (χ1n) is 11.1. The zero-order valence-corrected chi connectivity index (χ0v) is 18.8. The maximum absolute atomic E-state index is 13.8. The van der Waals surface area contributed by atoms with Crippen LogP contribution in [0.3, 0.4) is 0 Å². The summed E-state index contributed by atoms with van der Waals surface area (Å²) >= 11 is 0. The number of hydrogen-bond acceptors (Lipinski definition) is 4. The maximum atomic E-state index is 13.8. The molecular weight excluding hydrogens is 402 g/mol. The zero-order chi connectivity index (χ0) is 22.7. The van der Waals surface area contributed by atoms with Crippen LogP contribution in [0.15, 0.2) is 59.5 Å². The van der Waals surface area contributed by atoms with Crippen molar-refractivity contribution >= 4 is 17.5 Å². The van der Waals surface area contributed by atoms with Crippen molar-refractivity contribution in [3.63, 3.8) is 0 Å². The minimum atomic E-state index is -0.851. The van der Waals surface area contributed by atoms with Gasteiger partial charge in [0.05, 0.1) is 12.0 Å². The molecule has 1 atom stereocenters. The summed E-state index contributed by atoms with van der Waals surface area (Å²) in [7, 11) is 0. The van der Waals surface area contributed by atoms with Crippen LogP contribution in [-0.4, -0.2) is 22.8 Å². The molecule has 6 nitrogen and oxygen atoms in total. The molecule has 166 valence electrons. The van der Waals surface area contributed by atoms with Crippen LogP contribution in [0.4, 0.5) is 5.69 Å². The molecule has 6 heteroatoms. The van der Waals surface area contributed by atoms with Crippen LogP contribution in [0.2, 0.25) is 0 Å². The maximum Gasteiger partial charge on any atom is 0.294 e. The van der Waals surface area contributed by atoms with Gasteiger partial charge >= 0.3 is 0 Å². The Labute approximate surface area is 188 Å². The molecule has 3 aromatic rings. The Morgan fingerprint density at radius 2 is 1.72 bits per heavy atom. The van der Waals surface area contributed by atoms with Gasteiger partial charge in [-0.3, -0.25) is 19.5 Å². The average Bonchev–Trinajstić information content (AvgIpc) is 3.47. The number of carbonyl (C=O) groups is 2. The lowest BCUT2D eigenvalue weighted by atomic mass is 9.98. The molecule has 0 unspecified atom stereocenters. The Balaban J connectivity index is 1.86. The highest BCUT2D eigenvalue weighted by Gasteiger charge is 2.37. The standard InChI is InChI=1S/C26H29N3O3/c1-17-15-18(2)23(19(3)16-17)29(26(31)22-9-6-14-32-22)24(20-10-12-27-13-11-20)25(30)28-21-7-4-5-8-21/h6,9-16,21,24H,4-5,7-8H2,1-3H3,(H,28,30)/t24-/m1/s1. The Hall–Kier alpha value is -3.41. The van der Waals surface area contributed by atoms with Gasteiger partial charge < -0.3 is 9.73 Å².